The molecule has 0 amide bonds. The Balaban J connectivity index is 2.36. The monoisotopic (exact) mass is 332 g/mol. The van der Waals surface area contributed by atoms with Gasteiger partial charge in [-0.15, -0.1) is 11.3 Å². The van der Waals surface area contributed by atoms with E-state index < -0.39 is 10.0 Å². The maximum absolute atomic E-state index is 12.0. The first-order chi connectivity index (χ1) is 7.99. The topological polar surface area (TPSA) is 72.2 Å². The normalized spacial score (nSPS) is 11.4. The number of nitrogen functional groups attached to an aromatic ring is 1. The highest BCUT2D eigenvalue weighted by Gasteiger charge is 2.16. The van der Waals surface area contributed by atoms with E-state index in [1.807, 2.05) is 0 Å². The van der Waals surface area contributed by atoms with Gasteiger partial charge in [0.1, 0.15) is 4.21 Å². The highest BCUT2D eigenvalue weighted by molar-refractivity contribution is 9.10. The summed E-state index contributed by atoms with van der Waals surface area (Å²) in [6, 6.07) is 8.19. The van der Waals surface area contributed by atoms with Gasteiger partial charge in [-0.3, -0.25) is 4.72 Å². The van der Waals surface area contributed by atoms with Crippen LogP contribution < -0.4 is 10.5 Å². The highest BCUT2D eigenvalue weighted by atomic mass is 79.9. The molecule has 1 heterocycles. The van der Waals surface area contributed by atoms with E-state index in [2.05, 4.69) is 20.7 Å². The predicted octanol–water partition coefficient (Wildman–Crippen LogP) is 2.89. The number of hydrogen-bond acceptors (Lipinski definition) is 4. The lowest BCUT2D eigenvalue weighted by Crippen LogP contribution is -2.12. The average molecular weight is 333 g/mol. The number of halogens is 1. The van der Waals surface area contributed by atoms with Gasteiger partial charge >= 0.3 is 0 Å². The maximum atomic E-state index is 12.0. The lowest BCUT2D eigenvalue weighted by atomic mass is 10.3. The van der Waals surface area contributed by atoms with Crippen molar-refractivity contribution in [2.75, 3.05) is 10.5 Å². The van der Waals surface area contributed by atoms with Crippen molar-refractivity contribution in [2.45, 2.75) is 4.21 Å². The molecule has 4 nitrogen and oxygen atoms in total. The van der Waals surface area contributed by atoms with Crippen LogP contribution in [0.2, 0.25) is 0 Å². The summed E-state index contributed by atoms with van der Waals surface area (Å²) in [6.45, 7) is 0. The van der Waals surface area contributed by atoms with Crippen LogP contribution in [0.15, 0.2) is 44.4 Å². The Morgan fingerprint density at radius 1 is 1.29 bits per heavy atom. The van der Waals surface area contributed by atoms with Gasteiger partial charge < -0.3 is 5.73 Å². The molecule has 0 fully saturated rings. The predicted molar refractivity (Wildman–Crippen MR) is 73.7 cm³/mol. The molecule has 0 unspecified atom stereocenters. The van der Waals surface area contributed by atoms with Crippen LogP contribution in [-0.2, 0) is 10.0 Å². The summed E-state index contributed by atoms with van der Waals surface area (Å²) in [5.74, 6) is 0. The summed E-state index contributed by atoms with van der Waals surface area (Å²) >= 11 is 4.43. The Morgan fingerprint density at radius 3 is 2.71 bits per heavy atom. The van der Waals surface area contributed by atoms with Crippen LogP contribution in [0, 0.1) is 0 Å². The van der Waals surface area contributed by atoms with Gasteiger partial charge in [0.2, 0.25) is 0 Å². The van der Waals surface area contributed by atoms with E-state index in [9.17, 15) is 8.42 Å². The molecule has 0 atom stereocenters. The van der Waals surface area contributed by atoms with Crippen molar-refractivity contribution < 1.29 is 8.42 Å². The fourth-order valence-corrected chi connectivity index (χ4v) is 3.77. The molecule has 2 aromatic rings. The van der Waals surface area contributed by atoms with Crippen LogP contribution >= 0.6 is 27.3 Å². The molecule has 0 bridgehead atoms. The van der Waals surface area contributed by atoms with E-state index in [0.29, 0.717) is 15.8 Å². The summed E-state index contributed by atoms with van der Waals surface area (Å²) in [5.41, 5.74) is 6.54. The van der Waals surface area contributed by atoms with E-state index in [-0.39, 0.29) is 4.21 Å². The Bertz CT molecular complexity index is 624. The van der Waals surface area contributed by atoms with Gasteiger partial charge in [0.15, 0.2) is 0 Å². The number of sulfonamides is 1. The van der Waals surface area contributed by atoms with Crippen molar-refractivity contribution in [1.29, 1.82) is 0 Å². The smallest absolute Gasteiger partial charge is 0.271 e. The van der Waals surface area contributed by atoms with Crippen LogP contribution in [0.4, 0.5) is 11.4 Å². The maximum Gasteiger partial charge on any atom is 0.271 e. The second-order valence-electron chi connectivity index (χ2n) is 3.28. The van der Waals surface area contributed by atoms with Crippen LogP contribution in [0.3, 0.4) is 0 Å². The van der Waals surface area contributed by atoms with Crippen LogP contribution in [0.25, 0.3) is 0 Å². The quantitative estimate of drug-likeness (QED) is 0.849. The number of thiophene rings is 1. The van der Waals surface area contributed by atoms with Crippen molar-refractivity contribution in [1.82, 2.24) is 0 Å². The number of nitrogens with two attached hydrogens (primary N) is 1. The molecule has 1 aromatic heterocycles. The van der Waals surface area contributed by atoms with E-state index in [1.165, 1.54) is 0 Å². The third-order valence-electron chi connectivity index (χ3n) is 1.99. The van der Waals surface area contributed by atoms with Gasteiger partial charge in [-0.2, -0.15) is 0 Å². The lowest BCUT2D eigenvalue weighted by Gasteiger charge is -2.08. The standard InChI is InChI=1S/C10H9BrN2O2S2/c11-8-4-3-7(12)6-9(8)13-17(14,15)10-2-1-5-16-10/h1-6,13H,12H2. The Kier molecular flexibility index (Phi) is 3.41. The molecule has 17 heavy (non-hydrogen) atoms. The number of benzene rings is 1. The van der Waals surface area contributed by atoms with E-state index >= 15 is 0 Å². The number of hydrogen-bond donors (Lipinski definition) is 2. The van der Waals surface area contributed by atoms with Gasteiger partial charge in [-0.25, -0.2) is 8.42 Å². The average Bonchev–Trinajstić information content (AvgIpc) is 2.77. The van der Waals surface area contributed by atoms with Crippen molar-refractivity contribution in [3.05, 3.63) is 40.2 Å². The molecule has 3 N–H and O–H groups in total. The number of rotatable bonds is 3. The second-order valence-corrected chi connectivity index (χ2v) is 6.99. The first-order valence-corrected chi connectivity index (χ1v) is 7.76. The molecule has 0 radical (unpaired) electrons. The SMILES string of the molecule is Nc1ccc(Br)c(NS(=O)(=O)c2cccs2)c1. The molecule has 0 saturated carbocycles. The van der Waals surface area contributed by atoms with Crippen molar-refractivity contribution in [3.63, 3.8) is 0 Å². The zero-order chi connectivity index (χ0) is 12.5. The first-order valence-electron chi connectivity index (χ1n) is 4.60. The molecule has 0 aliphatic carbocycles. The fraction of sp³-hybridized carbons (Fsp3) is 0. The van der Waals surface area contributed by atoms with Crippen LogP contribution in [0.1, 0.15) is 0 Å². The first kappa shape index (κ1) is 12.4. The lowest BCUT2D eigenvalue weighted by molar-refractivity contribution is 0.603. The summed E-state index contributed by atoms with van der Waals surface area (Å²) in [7, 11) is -3.53. The van der Waals surface area contributed by atoms with Gasteiger partial charge in [0, 0.05) is 10.2 Å². The number of nitrogens with one attached hydrogen (secondary N) is 1. The summed E-state index contributed by atoms with van der Waals surface area (Å²) in [6.07, 6.45) is 0. The van der Waals surface area contributed by atoms with E-state index in [0.717, 1.165) is 11.3 Å². The molecule has 0 aliphatic rings. The largest absolute Gasteiger partial charge is 0.399 e. The van der Waals surface area contributed by atoms with E-state index in [4.69, 9.17) is 5.73 Å². The molecule has 0 spiro atoms. The van der Waals surface area contributed by atoms with Gasteiger partial charge in [-0.05, 0) is 45.6 Å². The molecule has 7 heteroatoms. The minimum Gasteiger partial charge on any atom is -0.399 e. The zero-order valence-electron chi connectivity index (χ0n) is 8.55. The molecule has 1 aromatic carbocycles. The third-order valence-corrected chi connectivity index (χ3v) is 5.45. The summed E-state index contributed by atoms with van der Waals surface area (Å²) in [4.78, 5) is 0. The molecule has 2 rings (SSSR count). The minimum absolute atomic E-state index is 0.270. The molecule has 0 saturated heterocycles. The Labute approximate surface area is 112 Å². The third kappa shape index (κ3) is 2.80. The summed E-state index contributed by atoms with van der Waals surface area (Å²) in [5, 5.41) is 1.71. The van der Waals surface area contributed by atoms with Gasteiger partial charge in [0.05, 0.1) is 5.69 Å². The van der Waals surface area contributed by atoms with Crippen LogP contribution in [-0.4, -0.2) is 8.42 Å². The fourth-order valence-electron chi connectivity index (χ4n) is 1.23. The molecule has 0 aliphatic heterocycles. The van der Waals surface area contributed by atoms with Crippen molar-refractivity contribution in [2.24, 2.45) is 0 Å². The Hall–Kier alpha value is -1.05. The van der Waals surface area contributed by atoms with Gasteiger partial charge in [-0.1, -0.05) is 6.07 Å². The zero-order valence-corrected chi connectivity index (χ0v) is 11.8. The Morgan fingerprint density at radius 2 is 2.06 bits per heavy atom. The molecular weight excluding hydrogens is 324 g/mol. The molecule has 90 valence electrons. The molecular formula is C10H9BrN2O2S2. The van der Waals surface area contributed by atoms with Crippen LogP contribution in [0.5, 0.6) is 0 Å². The highest BCUT2D eigenvalue weighted by Crippen LogP contribution is 2.28. The minimum atomic E-state index is -3.53. The summed E-state index contributed by atoms with van der Waals surface area (Å²) < 4.78 is 27.3. The van der Waals surface area contributed by atoms with Crippen molar-refractivity contribution in [3.8, 4) is 0 Å². The number of anilines is 2. The van der Waals surface area contributed by atoms with Gasteiger partial charge in [0.25, 0.3) is 10.0 Å². The second kappa shape index (κ2) is 4.67. The van der Waals surface area contributed by atoms with E-state index in [1.54, 1.807) is 35.7 Å². The van der Waals surface area contributed by atoms with Crippen molar-refractivity contribution >= 4 is 48.7 Å².